The second-order valence-electron chi connectivity index (χ2n) is 4.85. The summed E-state index contributed by atoms with van der Waals surface area (Å²) in [5.74, 6) is 0.727. The van der Waals surface area contributed by atoms with E-state index in [1.807, 2.05) is 18.2 Å². The highest BCUT2D eigenvalue weighted by Gasteiger charge is 2.11. The van der Waals surface area contributed by atoms with Gasteiger partial charge in [-0.05, 0) is 38.4 Å². The summed E-state index contributed by atoms with van der Waals surface area (Å²) in [6.45, 7) is 7.61. The van der Waals surface area contributed by atoms with Gasteiger partial charge in [-0.25, -0.2) is 4.98 Å². The fourth-order valence-corrected chi connectivity index (χ4v) is 1.99. The van der Waals surface area contributed by atoms with Crippen molar-refractivity contribution >= 4 is 11.6 Å². The molecule has 1 heterocycles. The van der Waals surface area contributed by atoms with Gasteiger partial charge in [-0.15, -0.1) is 0 Å². The standard InChI is InChI=1S/C13H21ClN2/c1-10(2)8-11(3)16(4)9-12-6-5-7-13(14)15-12/h5-7,10-11H,8-9H2,1-4H3. The molecule has 0 amide bonds. The molecule has 0 bridgehead atoms. The molecule has 0 aromatic carbocycles. The molecule has 0 saturated carbocycles. The van der Waals surface area contributed by atoms with E-state index in [0.29, 0.717) is 11.2 Å². The molecular weight excluding hydrogens is 220 g/mol. The summed E-state index contributed by atoms with van der Waals surface area (Å²) in [5, 5.41) is 0.572. The van der Waals surface area contributed by atoms with Crippen LogP contribution in [0.1, 0.15) is 32.9 Å². The van der Waals surface area contributed by atoms with Gasteiger partial charge in [-0.2, -0.15) is 0 Å². The van der Waals surface area contributed by atoms with Crippen LogP contribution in [0.3, 0.4) is 0 Å². The Morgan fingerprint density at radius 1 is 1.31 bits per heavy atom. The number of nitrogens with zero attached hydrogens (tertiary/aromatic N) is 2. The van der Waals surface area contributed by atoms with Crippen molar-refractivity contribution in [2.24, 2.45) is 5.92 Å². The summed E-state index contributed by atoms with van der Waals surface area (Å²) in [5.41, 5.74) is 1.03. The molecule has 0 radical (unpaired) electrons. The Labute approximate surface area is 104 Å². The van der Waals surface area contributed by atoms with Crippen LogP contribution in [0.4, 0.5) is 0 Å². The van der Waals surface area contributed by atoms with Gasteiger partial charge in [0.05, 0.1) is 5.69 Å². The molecule has 1 aromatic rings. The molecule has 0 spiro atoms. The Kier molecular flexibility index (Phi) is 5.23. The Morgan fingerprint density at radius 2 is 2.00 bits per heavy atom. The van der Waals surface area contributed by atoms with Crippen LogP contribution >= 0.6 is 11.6 Å². The van der Waals surface area contributed by atoms with E-state index in [0.717, 1.165) is 18.2 Å². The van der Waals surface area contributed by atoms with E-state index in [9.17, 15) is 0 Å². The van der Waals surface area contributed by atoms with Gasteiger partial charge in [0.1, 0.15) is 5.15 Å². The molecule has 1 rings (SSSR count). The first-order valence-electron chi connectivity index (χ1n) is 5.80. The molecular formula is C13H21ClN2. The Balaban J connectivity index is 2.53. The predicted molar refractivity (Wildman–Crippen MR) is 69.6 cm³/mol. The zero-order valence-corrected chi connectivity index (χ0v) is 11.3. The van der Waals surface area contributed by atoms with Crippen molar-refractivity contribution in [2.45, 2.75) is 39.8 Å². The van der Waals surface area contributed by atoms with Crippen LogP contribution in [0.15, 0.2) is 18.2 Å². The number of hydrogen-bond acceptors (Lipinski definition) is 2. The molecule has 90 valence electrons. The minimum absolute atomic E-state index is 0.570. The average Bonchev–Trinajstić information content (AvgIpc) is 2.16. The molecule has 0 fully saturated rings. The number of rotatable bonds is 5. The maximum atomic E-state index is 5.86. The number of hydrogen-bond donors (Lipinski definition) is 0. The largest absolute Gasteiger partial charge is 0.298 e. The first-order valence-corrected chi connectivity index (χ1v) is 6.18. The van der Waals surface area contributed by atoms with Crippen molar-refractivity contribution in [1.29, 1.82) is 0 Å². The maximum Gasteiger partial charge on any atom is 0.129 e. The molecule has 1 atom stereocenters. The summed E-state index contributed by atoms with van der Waals surface area (Å²) in [6.07, 6.45) is 1.21. The summed E-state index contributed by atoms with van der Waals surface area (Å²) < 4.78 is 0. The minimum Gasteiger partial charge on any atom is -0.298 e. The van der Waals surface area contributed by atoms with Crippen molar-refractivity contribution in [1.82, 2.24) is 9.88 Å². The third kappa shape index (κ3) is 4.50. The SMILES string of the molecule is CC(C)CC(C)N(C)Cc1cccc(Cl)n1. The van der Waals surface area contributed by atoms with E-state index in [1.54, 1.807) is 0 Å². The molecule has 1 unspecified atom stereocenters. The predicted octanol–water partition coefficient (Wildman–Crippen LogP) is 3.60. The Bertz CT molecular complexity index is 325. The molecule has 0 saturated heterocycles. The first kappa shape index (κ1) is 13.5. The molecule has 0 aliphatic heterocycles. The van der Waals surface area contributed by atoms with Gasteiger partial charge in [0, 0.05) is 12.6 Å². The summed E-state index contributed by atoms with van der Waals surface area (Å²) in [4.78, 5) is 6.62. The van der Waals surface area contributed by atoms with Crippen molar-refractivity contribution in [3.8, 4) is 0 Å². The Morgan fingerprint density at radius 3 is 2.56 bits per heavy atom. The van der Waals surface area contributed by atoms with Gasteiger partial charge in [0.15, 0.2) is 0 Å². The topological polar surface area (TPSA) is 16.1 Å². The summed E-state index contributed by atoms with van der Waals surface area (Å²) in [7, 11) is 2.13. The lowest BCUT2D eigenvalue weighted by Crippen LogP contribution is -2.30. The first-order chi connectivity index (χ1) is 7.49. The lowest BCUT2D eigenvalue weighted by atomic mass is 10.0. The number of halogens is 1. The summed E-state index contributed by atoms with van der Waals surface area (Å²) >= 11 is 5.86. The second-order valence-corrected chi connectivity index (χ2v) is 5.23. The van der Waals surface area contributed by atoms with E-state index >= 15 is 0 Å². The van der Waals surface area contributed by atoms with Crippen molar-refractivity contribution < 1.29 is 0 Å². The molecule has 0 aliphatic rings. The van der Waals surface area contributed by atoms with Crippen LogP contribution in [0.2, 0.25) is 5.15 Å². The quantitative estimate of drug-likeness (QED) is 0.731. The smallest absolute Gasteiger partial charge is 0.129 e. The highest BCUT2D eigenvalue weighted by atomic mass is 35.5. The third-order valence-corrected chi connectivity index (χ3v) is 2.96. The zero-order valence-electron chi connectivity index (χ0n) is 10.6. The molecule has 2 nitrogen and oxygen atoms in total. The van der Waals surface area contributed by atoms with Crippen LogP contribution in [-0.4, -0.2) is 23.0 Å². The lowest BCUT2D eigenvalue weighted by Gasteiger charge is -2.25. The highest BCUT2D eigenvalue weighted by Crippen LogP contribution is 2.13. The molecule has 0 N–H and O–H groups in total. The molecule has 3 heteroatoms. The van der Waals surface area contributed by atoms with E-state index < -0.39 is 0 Å². The average molecular weight is 241 g/mol. The fraction of sp³-hybridized carbons (Fsp3) is 0.615. The number of aromatic nitrogens is 1. The van der Waals surface area contributed by atoms with Crippen LogP contribution in [-0.2, 0) is 6.54 Å². The Hall–Kier alpha value is -0.600. The highest BCUT2D eigenvalue weighted by molar-refractivity contribution is 6.29. The minimum atomic E-state index is 0.570. The van der Waals surface area contributed by atoms with E-state index in [2.05, 4.69) is 37.7 Å². The normalized spacial score (nSPS) is 13.4. The van der Waals surface area contributed by atoms with Crippen LogP contribution in [0.25, 0.3) is 0 Å². The molecule has 1 aromatic heterocycles. The lowest BCUT2D eigenvalue weighted by molar-refractivity contribution is 0.218. The summed E-state index contributed by atoms with van der Waals surface area (Å²) in [6, 6.07) is 6.35. The van der Waals surface area contributed by atoms with Gasteiger partial charge in [0.2, 0.25) is 0 Å². The van der Waals surface area contributed by atoms with Gasteiger partial charge in [-0.1, -0.05) is 31.5 Å². The van der Waals surface area contributed by atoms with Gasteiger partial charge in [0.25, 0.3) is 0 Å². The van der Waals surface area contributed by atoms with Crippen LogP contribution in [0, 0.1) is 5.92 Å². The van der Waals surface area contributed by atoms with Gasteiger partial charge < -0.3 is 0 Å². The second kappa shape index (κ2) is 6.21. The zero-order chi connectivity index (χ0) is 12.1. The van der Waals surface area contributed by atoms with Gasteiger partial charge >= 0.3 is 0 Å². The van der Waals surface area contributed by atoms with Crippen molar-refractivity contribution in [3.05, 3.63) is 29.0 Å². The van der Waals surface area contributed by atoms with Gasteiger partial charge in [-0.3, -0.25) is 4.90 Å². The van der Waals surface area contributed by atoms with Crippen molar-refractivity contribution in [3.63, 3.8) is 0 Å². The van der Waals surface area contributed by atoms with E-state index in [1.165, 1.54) is 6.42 Å². The molecule has 16 heavy (non-hydrogen) atoms. The van der Waals surface area contributed by atoms with Crippen LogP contribution in [0.5, 0.6) is 0 Å². The molecule has 0 aliphatic carbocycles. The van der Waals surface area contributed by atoms with E-state index in [4.69, 9.17) is 11.6 Å². The van der Waals surface area contributed by atoms with E-state index in [-0.39, 0.29) is 0 Å². The number of pyridine rings is 1. The van der Waals surface area contributed by atoms with Crippen molar-refractivity contribution in [2.75, 3.05) is 7.05 Å². The monoisotopic (exact) mass is 240 g/mol. The van der Waals surface area contributed by atoms with Crippen LogP contribution < -0.4 is 0 Å². The third-order valence-electron chi connectivity index (χ3n) is 2.75. The maximum absolute atomic E-state index is 5.86. The fourth-order valence-electron chi connectivity index (χ4n) is 1.81.